The first-order valence-electron chi connectivity index (χ1n) is 3.92. The van der Waals surface area contributed by atoms with Crippen molar-refractivity contribution >= 4 is 21.1 Å². The van der Waals surface area contributed by atoms with Crippen LogP contribution in [0.3, 0.4) is 0 Å². The second kappa shape index (κ2) is 3.11. The Labute approximate surface area is 81.2 Å². The molecule has 0 atom stereocenters. The second-order valence-electron chi connectivity index (χ2n) is 2.72. The van der Waals surface area contributed by atoms with Crippen LogP contribution in [0, 0.1) is 0 Å². The lowest BCUT2D eigenvalue weighted by atomic mass is 10.3. The van der Waals surface area contributed by atoms with Gasteiger partial charge in [0.05, 0.1) is 13.4 Å². The highest BCUT2D eigenvalue weighted by molar-refractivity contribution is 7.87. The third kappa shape index (κ3) is 1.30. The van der Waals surface area contributed by atoms with Crippen molar-refractivity contribution in [2.75, 3.05) is 7.11 Å². The monoisotopic (exact) mass is 212 g/mol. The second-order valence-corrected chi connectivity index (χ2v) is 4.40. The molecule has 2 rings (SSSR count). The minimum absolute atomic E-state index is 0.0579. The van der Waals surface area contributed by atoms with Gasteiger partial charge in [-0.2, -0.15) is 8.42 Å². The number of para-hydroxylation sites is 1. The van der Waals surface area contributed by atoms with E-state index in [1.807, 2.05) is 0 Å². The third-order valence-corrected chi connectivity index (χ3v) is 3.23. The summed E-state index contributed by atoms with van der Waals surface area (Å²) in [5.74, 6) is 0. The van der Waals surface area contributed by atoms with Gasteiger partial charge in [0.15, 0.2) is 5.58 Å². The molecule has 74 valence electrons. The summed E-state index contributed by atoms with van der Waals surface area (Å²) < 4.78 is 32.4. The SMILES string of the molecule is COS(=O)(=O)c1cccc2ccoc12. The van der Waals surface area contributed by atoms with E-state index in [4.69, 9.17) is 4.42 Å². The minimum atomic E-state index is -3.69. The van der Waals surface area contributed by atoms with Gasteiger partial charge in [0.25, 0.3) is 10.1 Å². The molecule has 0 saturated carbocycles. The molecule has 0 saturated heterocycles. The minimum Gasteiger partial charge on any atom is -0.463 e. The molecule has 0 aliphatic carbocycles. The van der Waals surface area contributed by atoms with E-state index in [1.165, 1.54) is 12.3 Å². The zero-order valence-electron chi connectivity index (χ0n) is 7.43. The van der Waals surface area contributed by atoms with Gasteiger partial charge in [-0.3, -0.25) is 4.18 Å². The van der Waals surface area contributed by atoms with E-state index in [-0.39, 0.29) is 4.90 Å². The first-order valence-corrected chi connectivity index (χ1v) is 5.33. The molecule has 0 aliphatic heterocycles. The van der Waals surface area contributed by atoms with E-state index < -0.39 is 10.1 Å². The van der Waals surface area contributed by atoms with Crippen LogP contribution in [0.25, 0.3) is 11.0 Å². The molecule has 1 aromatic carbocycles. The van der Waals surface area contributed by atoms with Gasteiger partial charge in [0.1, 0.15) is 4.90 Å². The van der Waals surface area contributed by atoms with Crippen LogP contribution in [0.4, 0.5) is 0 Å². The Hall–Kier alpha value is -1.33. The quantitative estimate of drug-likeness (QED) is 0.712. The summed E-state index contributed by atoms with van der Waals surface area (Å²) in [6.45, 7) is 0. The molecule has 1 aromatic heterocycles. The van der Waals surface area contributed by atoms with E-state index in [0.29, 0.717) is 5.58 Å². The van der Waals surface area contributed by atoms with Crippen LogP contribution in [-0.4, -0.2) is 15.5 Å². The largest absolute Gasteiger partial charge is 0.463 e. The van der Waals surface area contributed by atoms with Gasteiger partial charge >= 0.3 is 0 Å². The molecular weight excluding hydrogens is 204 g/mol. The van der Waals surface area contributed by atoms with Gasteiger partial charge in [-0.1, -0.05) is 12.1 Å². The highest BCUT2D eigenvalue weighted by Gasteiger charge is 2.18. The maximum atomic E-state index is 11.4. The van der Waals surface area contributed by atoms with Crippen molar-refractivity contribution in [2.24, 2.45) is 0 Å². The van der Waals surface area contributed by atoms with Crippen molar-refractivity contribution in [2.45, 2.75) is 4.90 Å². The van der Waals surface area contributed by atoms with E-state index in [0.717, 1.165) is 12.5 Å². The van der Waals surface area contributed by atoms with Crippen LogP contribution < -0.4 is 0 Å². The summed E-state index contributed by atoms with van der Waals surface area (Å²) in [6.07, 6.45) is 1.44. The zero-order chi connectivity index (χ0) is 10.2. The molecule has 1 heterocycles. The number of fused-ring (bicyclic) bond motifs is 1. The van der Waals surface area contributed by atoms with Crippen LogP contribution in [0.1, 0.15) is 0 Å². The summed E-state index contributed by atoms with van der Waals surface area (Å²) in [5, 5.41) is 0.739. The molecule has 0 fully saturated rings. The van der Waals surface area contributed by atoms with Crippen molar-refractivity contribution in [1.82, 2.24) is 0 Å². The summed E-state index contributed by atoms with van der Waals surface area (Å²) >= 11 is 0. The summed E-state index contributed by atoms with van der Waals surface area (Å²) in [4.78, 5) is 0.0579. The zero-order valence-corrected chi connectivity index (χ0v) is 8.24. The Morgan fingerprint density at radius 3 is 2.79 bits per heavy atom. The van der Waals surface area contributed by atoms with Gasteiger partial charge in [0, 0.05) is 5.39 Å². The number of rotatable bonds is 2. The van der Waals surface area contributed by atoms with Gasteiger partial charge < -0.3 is 4.42 Å². The Bertz CT molecular complexity index is 553. The number of furan rings is 1. The summed E-state index contributed by atoms with van der Waals surface area (Å²) in [7, 11) is -2.57. The van der Waals surface area contributed by atoms with E-state index >= 15 is 0 Å². The number of hydrogen-bond donors (Lipinski definition) is 0. The van der Waals surface area contributed by atoms with E-state index in [2.05, 4.69) is 4.18 Å². The highest BCUT2D eigenvalue weighted by Crippen LogP contribution is 2.24. The fourth-order valence-corrected chi connectivity index (χ4v) is 2.07. The Morgan fingerprint density at radius 1 is 1.29 bits per heavy atom. The molecule has 0 spiro atoms. The van der Waals surface area contributed by atoms with E-state index in [9.17, 15) is 8.42 Å². The number of benzene rings is 1. The van der Waals surface area contributed by atoms with Gasteiger partial charge in [-0.25, -0.2) is 0 Å². The molecular formula is C9H8O4S. The Morgan fingerprint density at radius 2 is 2.07 bits per heavy atom. The fourth-order valence-electron chi connectivity index (χ4n) is 1.25. The maximum Gasteiger partial charge on any atom is 0.300 e. The van der Waals surface area contributed by atoms with Crippen molar-refractivity contribution in [3.8, 4) is 0 Å². The maximum absolute atomic E-state index is 11.4. The molecule has 14 heavy (non-hydrogen) atoms. The van der Waals surface area contributed by atoms with Crippen molar-refractivity contribution < 1.29 is 17.0 Å². The average Bonchev–Trinajstić information content (AvgIpc) is 2.64. The lowest BCUT2D eigenvalue weighted by Crippen LogP contribution is -2.02. The molecule has 0 unspecified atom stereocenters. The first kappa shape index (κ1) is 9.23. The van der Waals surface area contributed by atoms with Crippen LogP contribution in [0.15, 0.2) is 39.8 Å². The van der Waals surface area contributed by atoms with Gasteiger partial charge in [-0.05, 0) is 12.1 Å². The predicted molar refractivity (Wildman–Crippen MR) is 50.4 cm³/mol. The lowest BCUT2D eigenvalue weighted by molar-refractivity contribution is 0.397. The molecule has 0 amide bonds. The smallest absolute Gasteiger partial charge is 0.300 e. The lowest BCUT2D eigenvalue weighted by Gasteiger charge is -2.00. The molecule has 0 N–H and O–H groups in total. The third-order valence-electron chi connectivity index (χ3n) is 1.93. The normalized spacial score (nSPS) is 12.1. The van der Waals surface area contributed by atoms with Crippen molar-refractivity contribution in [3.05, 3.63) is 30.5 Å². The van der Waals surface area contributed by atoms with E-state index in [1.54, 1.807) is 18.2 Å². The van der Waals surface area contributed by atoms with Gasteiger partial charge in [0.2, 0.25) is 0 Å². The van der Waals surface area contributed by atoms with Crippen molar-refractivity contribution in [3.63, 3.8) is 0 Å². The molecule has 0 radical (unpaired) electrons. The van der Waals surface area contributed by atoms with Crippen LogP contribution in [-0.2, 0) is 14.3 Å². The predicted octanol–water partition coefficient (Wildman–Crippen LogP) is 1.77. The topological polar surface area (TPSA) is 56.5 Å². The fraction of sp³-hybridized carbons (Fsp3) is 0.111. The van der Waals surface area contributed by atoms with Crippen LogP contribution in [0.2, 0.25) is 0 Å². The standard InChI is InChI=1S/C9H8O4S/c1-12-14(10,11)8-4-2-3-7-5-6-13-9(7)8/h2-6H,1H3. The molecule has 0 bridgehead atoms. The van der Waals surface area contributed by atoms with Crippen LogP contribution >= 0.6 is 0 Å². The van der Waals surface area contributed by atoms with Crippen LogP contribution in [0.5, 0.6) is 0 Å². The number of hydrogen-bond acceptors (Lipinski definition) is 4. The highest BCUT2D eigenvalue weighted by atomic mass is 32.2. The first-order chi connectivity index (χ1) is 6.65. The molecule has 4 nitrogen and oxygen atoms in total. The Balaban J connectivity index is 2.81. The molecule has 0 aliphatic rings. The van der Waals surface area contributed by atoms with Crippen molar-refractivity contribution in [1.29, 1.82) is 0 Å². The summed E-state index contributed by atoms with van der Waals surface area (Å²) in [6, 6.07) is 6.56. The molecule has 2 aromatic rings. The molecule has 5 heteroatoms. The van der Waals surface area contributed by atoms with Gasteiger partial charge in [-0.15, -0.1) is 0 Å². The average molecular weight is 212 g/mol. The Kier molecular flexibility index (Phi) is 2.05. The summed E-state index contributed by atoms with van der Waals surface area (Å²) in [5.41, 5.74) is 0.328.